The van der Waals surface area contributed by atoms with E-state index in [2.05, 4.69) is 15.9 Å². The maximum Gasteiger partial charge on any atom is 0.267 e. The van der Waals surface area contributed by atoms with E-state index >= 15 is 0 Å². The van der Waals surface area contributed by atoms with Gasteiger partial charge in [-0.25, -0.2) is 4.99 Å². The van der Waals surface area contributed by atoms with Gasteiger partial charge in [0.25, 0.3) is 5.91 Å². The smallest absolute Gasteiger partial charge is 0.267 e. The summed E-state index contributed by atoms with van der Waals surface area (Å²) in [6.07, 6.45) is 3.56. The highest BCUT2D eigenvalue weighted by atomic mass is 79.9. The molecule has 31 heavy (non-hydrogen) atoms. The summed E-state index contributed by atoms with van der Waals surface area (Å²) in [6.45, 7) is 4.29. The van der Waals surface area contributed by atoms with Crippen LogP contribution in [0.2, 0.25) is 0 Å². The van der Waals surface area contributed by atoms with Crippen molar-refractivity contribution in [2.75, 3.05) is 0 Å². The molecule has 0 unspecified atom stereocenters. The number of amides is 1. The molecule has 0 aliphatic carbocycles. The van der Waals surface area contributed by atoms with Gasteiger partial charge in [0.05, 0.1) is 34.0 Å². The SMILES string of the molecule is CC(C)Oc1ccc(/C=C2\SC(=Nc3ccccc3)N(Cc3ccco3)C2=O)cc1Br. The van der Waals surface area contributed by atoms with Crippen molar-refractivity contribution in [2.24, 2.45) is 4.99 Å². The molecule has 1 amide bonds. The van der Waals surface area contributed by atoms with E-state index in [1.165, 1.54) is 11.8 Å². The van der Waals surface area contributed by atoms with Crippen LogP contribution in [0.3, 0.4) is 0 Å². The van der Waals surface area contributed by atoms with Crippen LogP contribution in [0.4, 0.5) is 5.69 Å². The molecule has 1 fully saturated rings. The van der Waals surface area contributed by atoms with E-state index in [0.29, 0.717) is 22.4 Å². The number of rotatable bonds is 6. The number of nitrogens with zero attached hydrogens (tertiary/aromatic N) is 2. The molecule has 2 heterocycles. The van der Waals surface area contributed by atoms with Crippen molar-refractivity contribution >= 4 is 50.5 Å². The summed E-state index contributed by atoms with van der Waals surface area (Å²) in [5.74, 6) is 1.37. The first kappa shape index (κ1) is 21.5. The van der Waals surface area contributed by atoms with Crippen molar-refractivity contribution in [3.63, 3.8) is 0 Å². The van der Waals surface area contributed by atoms with Gasteiger partial charge in [0.2, 0.25) is 0 Å². The number of amidine groups is 1. The predicted octanol–water partition coefficient (Wildman–Crippen LogP) is 6.63. The molecule has 1 aliphatic rings. The van der Waals surface area contributed by atoms with Crippen LogP contribution in [0, 0.1) is 0 Å². The molecule has 3 aromatic rings. The number of hydrogen-bond acceptors (Lipinski definition) is 5. The molecule has 1 aliphatic heterocycles. The standard InChI is InChI=1S/C24H21BrN2O3S/c1-16(2)30-21-11-10-17(13-20(21)25)14-22-23(28)27(15-19-9-6-12-29-19)24(31-22)26-18-7-4-3-5-8-18/h3-14,16H,15H2,1-2H3/b22-14-,26-24?. The molecule has 0 spiro atoms. The predicted molar refractivity (Wildman–Crippen MR) is 128 cm³/mol. The summed E-state index contributed by atoms with van der Waals surface area (Å²) in [7, 11) is 0. The molecular weight excluding hydrogens is 476 g/mol. The Balaban J connectivity index is 1.65. The molecule has 0 saturated carbocycles. The van der Waals surface area contributed by atoms with Gasteiger partial charge in [-0.2, -0.15) is 0 Å². The first-order valence-corrected chi connectivity index (χ1v) is 11.4. The summed E-state index contributed by atoms with van der Waals surface area (Å²) in [4.78, 5) is 20.2. The molecule has 0 bridgehead atoms. The van der Waals surface area contributed by atoms with Crippen molar-refractivity contribution in [2.45, 2.75) is 26.5 Å². The van der Waals surface area contributed by atoms with Crippen LogP contribution < -0.4 is 4.74 Å². The Morgan fingerprint density at radius 2 is 1.97 bits per heavy atom. The van der Waals surface area contributed by atoms with Crippen LogP contribution in [0.25, 0.3) is 6.08 Å². The number of carbonyl (C=O) groups excluding carboxylic acids is 1. The second-order valence-corrected chi connectivity index (χ2v) is 9.03. The Bertz CT molecular complexity index is 1120. The Hall–Kier alpha value is -2.77. The number of carbonyl (C=O) groups is 1. The lowest BCUT2D eigenvalue weighted by molar-refractivity contribution is -0.122. The second kappa shape index (κ2) is 9.58. The van der Waals surface area contributed by atoms with E-state index in [9.17, 15) is 4.79 Å². The molecule has 0 radical (unpaired) electrons. The number of ether oxygens (including phenoxy) is 1. The lowest BCUT2D eigenvalue weighted by Gasteiger charge is -2.13. The lowest BCUT2D eigenvalue weighted by atomic mass is 10.2. The van der Waals surface area contributed by atoms with Crippen LogP contribution in [-0.2, 0) is 11.3 Å². The largest absolute Gasteiger partial charge is 0.490 e. The average Bonchev–Trinajstić information content (AvgIpc) is 3.35. The molecule has 5 nitrogen and oxygen atoms in total. The lowest BCUT2D eigenvalue weighted by Crippen LogP contribution is -2.28. The Morgan fingerprint density at radius 1 is 1.16 bits per heavy atom. The molecule has 7 heteroatoms. The fourth-order valence-corrected chi connectivity index (χ4v) is 4.50. The number of aliphatic imine (C=N–C) groups is 1. The summed E-state index contributed by atoms with van der Waals surface area (Å²) in [5, 5.41) is 0.623. The highest BCUT2D eigenvalue weighted by Gasteiger charge is 2.34. The van der Waals surface area contributed by atoms with E-state index in [-0.39, 0.29) is 12.0 Å². The molecule has 2 aromatic carbocycles. The number of furan rings is 1. The second-order valence-electron chi connectivity index (χ2n) is 7.17. The summed E-state index contributed by atoms with van der Waals surface area (Å²) in [6, 6.07) is 19.1. The fraction of sp³-hybridized carbons (Fsp3) is 0.167. The quantitative estimate of drug-likeness (QED) is 0.359. The molecule has 0 N–H and O–H groups in total. The average molecular weight is 497 g/mol. The third-order valence-corrected chi connectivity index (χ3v) is 6.01. The number of benzene rings is 2. The van der Waals surface area contributed by atoms with Crippen molar-refractivity contribution in [1.29, 1.82) is 0 Å². The van der Waals surface area contributed by atoms with Crippen molar-refractivity contribution < 1.29 is 13.9 Å². The van der Waals surface area contributed by atoms with Crippen molar-refractivity contribution in [3.05, 3.63) is 87.6 Å². The van der Waals surface area contributed by atoms with E-state index in [0.717, 1.165) is 21.5 Å². The molecule has 1 saturated heterocycles. The number of hydrogen-bond donors (Lipinski definition) is 0. The number of para-hydroxylation sites is 1. The maximum atomic E-state index is 13.2. The van der Waals surface area contributed by atoms with Gasteiger partial charge in [-0.05, 0) is 89.6 Å². The van der Waals surface area contributed by atoms with Crippen LogP contribution in [0.5, 0.6) is 5.75 Å². The van der Waals surface area contributed by atoms with E-state index in [1.807, 2.05) is 80.6 Å². The number of thioether (sulfide) groups is 1. The third-order valence-electron chi connectivity index (χ3n) is 4.38. The van der Waals surface area contributed by atoms with Gasteiger partial charge in [-0.3, -0.25) is 9.69 Å². The minimum absolute atomic E-state index is 0.0828. The van der Waals surface area contributed by atoms with Gasteiger partial charge in [0.15, 0.2) is 5.17 Å². The zero-order valence-electron chi connectivity index (χ0n) is 17.1. The Morgan fingerprint density at radius 3 is 2.65 bits per heavy atom. The van der Waals surface area contributed by atoms with Gasteiger partial charge >= 0.3 is 0 Å². The highest BCUT2D eigenvalue weighted by molar-refractivity contribution is 9.10. The zero-order valence-corrected chi connectivity index (χ0v) is 19.5. The van der Waals surface area contributed by atoms with E-state index in [4.69, 9.17) is 14.1 Å². The minimum atomic E-state index is -0.102. The molecule has 4 rings (SSSR count). The van der Waals surface area contributed by atoms with Crippen molar-refractivity contribution in [3.8, 4) is 5.75 Å². The van der Waals surface area contributed by atoms with Crippen molar-refractivity contribution in [1.82, 2.24) is 4.90 Å². The topological polar surface area (TPSA) is 55.0 Å². The van der Waals surface area contributed by atoms with Crippen LogP contribution in [0.1, 0.15) is 25.2 Å². The number of halogens is 1. The first-order valence-electron chi connectivity index (χ1n) is 9.83. The third kappa shape index (κ3) is 5.29. The maximum absolute atomic E-state index is 13.2. The van der Waals surface area contributed by atoms with Gasteiger partial charge in [-0.1, -0.05) is 24.3 Å². The minimum Gasteiger partial charge on any atom is -0.490 e. The van der Waals surface area contributed by atoms with E-state index < -0.39 is 0 Å². The van der Waals surface area contributed by atoms with Crippen LogP contribution in [0.15, 0.2) is 85.7 Å². The van der Waals surface area contributed by atoms with Gasteiger partial charge in [0, 0.05) is 0 Å². The van der Waals surface area contributed by atoms with Gasteiger partial charge in [-0.15, -0.1) is 0 Å². The summed E-state index contributed by atoms with van der Waals surface area (Å²) >= 11 is 4.91. The van der Waals surface area contributed by atoms with Crippen LogP contribution in [-0.4, -0.2) is 22.1 Å². The Labute approximate surface area is 193 Å². The summed E-state index contributed by atoms with van der Waals surface area (Å²) in [5.41, 5.74) is 1.69. The molecule has 158 valence electrons. The molecular formula is C24H21BrN2O3S. The molecule has 0 atom stereocenters. The first-order chi connectivity index (χ1) is 15.0. The van der Waals surface area contributed by atoms with Gasteiger partial charge < -0.3 is 9.15 Å². The van der Waals surface area contributed by atoms with Gasteiger partial charge in [0.1, 0.15) is 11.5 Å². The Kier molecular flexibility index (Phi) is 6.63. The molecule has 1 aromatic heterocycles. The summed E-state index contributed by atoms with van der Waals surface area (Å²) < 4.78 is 12.1. The zero-order chi connectivity index (χ0) is 21.8. The van der Waals surface area contributed by atoms with E-state index in [1.54, 1.807) is 11.2 Å². The fourth-order valence-electron chi connectivity index (χ4n) is 3.01. The van der Waals surface area contributed by atoms with Crippen LogP contribution >= 0.6 is 27.7 Å². The normalized spacial score (nSPS) is 16.6. The monoisotopic (exact) mass is 496 g/mol. The highest BCUT2D eigenvalue weighted by Crippen LogP contribution is 2.36.